The number of phenols is 1. The lowest BCUT2D eigenvalue weighted by Gasteiger charge is -2.52. The zero-order valence-corrected chi connectivity index (χ0v) is 23.1. The van der Waals surface area contributed by atoms with Crippen molar-refractivity contribution in [2.24, 2.45) is 29.4 Å². The minimum atomic E-state index is -2.73. The summed E-state index contributed by atoms with van der Waals surface area (Å²) in [4.78, 5) is 70.2. The van der Waals surface area contributed by atoms with Crippen LogP contribution in [0.15, 0.2) is 30.3 Å². The quantitative estimate of drug-likeness (QED) is 0.473. The Morgan fingerprint density at radius 3 is 2.20 bits per heavy atom. The van der Waals surface area contributed by atoms with E-state index in [0.29, 0.717) is 11.1 Å². The summed E-state index contributed by atoms with van der Waals surface area (Å²) in [7, 11) is 6.97. The summed E-state index contributed by atoms with van der Waals surface area (Å²) >= 11 is 0. The number of ketones is 4. The lowest BCUT2D eigenvalue weighted by atomic mass is 9.52. The van der Waals surface area contributed by atoms with Gasteiger partial charge in [-0.15, -0.1) is 0 Å². The Labute approximate surface area is 231 Å². The van der Waals surface area contributed by atoms with Crippen LogP contribution in [0.3, 0.4) is 0 Å². The number of likely N-dealkylation sites (N-methyl/N-ethyl adjacent to an activating group) is 1. The molecule has 3 aliphatic carbocycles. The average Bonchev–Trinajstić information content (AvgIpc) is 2.88. The summed E-state index contributed by atoms with van der Waals surface area (Å²) in [6, 6.07) is 8.41. The standard InChI is InChI=1S/C30H33N3O7/c1-13-10-17(14-6-8-16(9-7-14)32(2)3)18-11-15-12-19-23(33(4)5)26(36)22(29(31)39)28(38)30(19,40)27(37)20(15)25(35)21(18)24(13)34/h6-10,15,19-20,22-23,34,40H,11-12H2,1-5H3,(H2,31,39)/t15-,19-,20?,22?,23-,30-/m1/s1. The van der Waals surface area contributed by atoms with Gasteiger partial charge in [-0.05, 0) is 80.2 Å². The van der Waals surface area contributed by atoms with E-state index in [0.717, 1.165) is 16.8 Å². The number of hydrogen-bond donors (Lipinski definition) is 3. The molecule has 0 saturated heterocycles. The van der Waals surface area contributed by atoms with E-state index in [1.165, 1.54) is 4.90 Å². The predicted octanol–water partition coefficient (Wildman–Crippen LogP) is 0.908. The number of aromatic hydroxyl groups is 1. The number of phenolic OH excluding ortho intramolecular Hbond substituents is 1. The highest BCUT2D eigenvalue weighted by atomic mass is 16.3. The summed E-state index contributed by atoms with van der Waals surface area (Å²) in [5.74, 6) is -10.5. The number of aliphatic hydroxyl groups is 1. The molecule has 5 rings (SSSR count). The molecule has 2 aromatic rings. The monoisotopic (exact) mass is 547 g/mol. The second kappa shape index (κ2) is 9.35. The maximum absolute atomic E-state index is 14.0. The van der Waals surface area contributed by atoms with Gasteiger partial charge in [0.1, 0.15) is 5.75 Å². The summed E-state index contributed by atoms with van der Waals surface area (Å²) in [6.45, 7) is 1.66. The van der Waals surface area contributed by atoms with Gasteiger partial charge in [-0.2, -0.15) is 0 Å². The van der Waals surface area contributed by atoms with Gasteiger partial charge in [0.2, 0.25) is 5.91 Å². The third-order valence-corrected chi connectivity index (χ3v) is 8.95. The van der Waals surface area contributed by atoms with E-state index in [4.69, 9.17) is 5.73 Å². The fourth-order valence-corrected chi connectivity index (χ4v) is 7.00. The van der Waals surface area contributed by atoms with Crippen LogP contribution in [-0.2, 0) is 25.6 Å². The van der Waals surface area contributed by atoms with Gasteiger partial charge in [0.15, 0.2) is 34.7 Å². The van der Waals surface area contributed by atoms with Crippen LogP contribution in [0.25, 0.3) is 11.1 Å². The Kier molecular flexibility index (Phi) is 6.47. The number of anilines is 1. The van der Waals surface area contributed by atoms with E-state index in [1.54, 1.807) is 27.1 Å². The third kappa shape index (κ3) is 3.73. The maximum atomic E-state index is 14.0. The van der Waals surface area contributed by atoms with Crippen LogP contribution in [0.5, 0.6) is 5.75 Å². The molecule has 2 unspecified atom stereocenters. The van der Waals surface area contributed by atoms with Crippen molar-refractivity contribution in [3.8, 4) is 16.9 Å². The average molecular weight is 548 g/mol. The van der Waals surface area contributed by atoms with Crippen molar-refractivity contribution in [3.05, 3.63) is 47.0 Å². The largest absolute Gasteiger partial charge is 0.507 e. The molecule has 0 radical (unpaired) electrons. The SMILES string of the molecule is Cc1cc(-c2ccc(N(C)C)cc2)c2c(c1O)C(=O)C1C(=O)[C@@]3(O)C(=O)C(C(N)=O)C(=O)[C@H](N(C)C)[C@H]3C[C@H]1C2. The summed E-state index contributed by atoms with van der Waals surface area (Å²) in [5, 5.41) is 22.7. The van der Waals surface area contributed by atoms with Gasteiger partial charge >= 0.3 is 0 Å². The molecular formula is C30H33N3O7. The van der Waals surface area contributed by atoms with Gasteiger partial charge in [0.05, 0.1) is 17.5 Å². The molecule has 0 bridgehead atoms. The molecule has 0 aromatic heterocycles. The second-order valence-electron chi connectivity index (χ2n) is 11.7. The minimum absolute atomic E-state index is 0.00159. The van der Waals surface area contributed by atoms with Crippen LogP contribution in [0.1, 0.15) is 27.9 Å². The molecule has 3 aliphatic rings. The Morgan fingerprint density at radius 1 is 1.02 bits per heavy atom. The Hall–Kier alpha value is -3.89. The van der Waals surface area contributed by atoms with Crippen molar-refractivity contribution in [3.63, 3.8) is 0 Å². The number of hydrogen-bond acceptors (Lipinski definition) is 9. The Morgan fingerprint density at radius 2 is 1.65 bits per heavy atom. The highest BCUT2D eigenvalue weighted by molar-refractivity contribution is 6.32. The first-order valence-corrected chi connectivity index (χ1v) is 13.2. The number of Topliss-reactive ketones (excluding diaryl/α,β-unsaturated/α-hetero) is 4. The highest BCUT2D eigenvalue weighted by Crippen LogP contribution is 2.52. The molecule has 1 amide bonds. The number of primary amides is 1. The van der Waals surface area contributed by atoms with E-state index < -0.39 is 64.4 Å². The van der Waals surface area contributed by atoms with Crippen molar-refractivity contribution in [1.29, 1.82) is 0 Å². The number of aryl methyl sites for hydroxylation is 1. The van der Waals surface area contributed by atoms with Crippen LogP contribution in [0.2, 0.25) is 0 Å². The van der Waals surface area contributed by atoms with E-state index in [2.05, 4.69) is 0 Å². The van der Waals surface area contributed by atoms with Gasteiger partial charge in [-0.25, -0.2) is 0 Å². The molecule has 6 atom stereocenters. The predicted molar refractivity (Wildman–Crippen MR) is 146 cm³/mol. The molecule has 40 heavy (non-hydrogen) atoms. The topological polar surface area (TPSA) is 158 Å². The molecule has 4 N–H and O–H groups in total. The van der Waals surface area contributed by atoms with E-state index >= 15 is 0 Å². The number of nitrogens with two attached hydrogens (primary N) is 1. The first kappa shape index (κ1) is 27.7. The van der Waals surface area contributed by atoms with Crippen LogP contribution in [0.4, 0.5) is 5.69 Å². The number of benzene rings is 2. The van der Waals surface area contributed by atoms with Gasteiger partial charge in [-0.3, -0.25) is 28.9 Å². The number of rotatable bonds is 4. The highest BCUT2D eigenvalue weighted by Gasteiger charge is 2.69. The molecule has 0 aliphatic heterocycles. The Bertz CT molecular complexity index is 1480. The number of fused-ring (bicyclic) bond motifs is 3. The van der Waals surface area contributed by atoms with Gasteiger partial charge < -0.3 is 20.8 Å². The minimum Gasteiger partial charge on any atom is -0.507 e. The van der Waals surface area contributed by atoms with E-state index in [9.17, 15) is 34.2 Å². The Balaban J connectivity index is 1.66. The molecule has 2 aromatic carbocycles. The van der Waals surface area contributed by atoms with Crippen molar-refractivity contribution in [1.82, 2.24) is 4.90 Å². The summed E-state index contributed by atoms with van der Waals surface area (Å²) in [5.41, 5.74) is 6.20. The second-order valence-corrected chi connectivity index (χ2v) is 11.7. The van der Waals surface area contributed by atoms with Crippen LogP contribution < -0.4 is 10.6 Å². The molecule has 10 nitrogen and oxygen atoms in total. The fourth-order valence-electron chi connectivity index (χ4n) is 7.00. The third-order valence-electron chi connectivity index (χ3n) is 8.95. The maximum Gasteiger partial charge on any atom is 0.235 e. The van der Waals surface area contributed by atoms with Crippen LogP contribution >= 0.6 is 0 Å². The van der Waals surface area contributed by atoms with Gasteiger partial charge in [-0.1, -0.05) is 12.1 Å². The number of carbonyl (C=O) groups is 5. The van der Waals surface area contributed by atoms with Crippen molar-refractivity contribution < 1.29 is 34.2 Å². The summed E-state index contributed by atoms with van der Waals surface area (Å²) in [6.07, 6.45) is 0.224. The van der Waals surface area contributed by atoms with Crippen LogP contribution in [-0.4, -0.2) is 84.0 Å². The molecular weight excluding hydrogens is 514 g/mol. The van der Waals surface area contributed by atoms with E-state index in [1.807, 2.05) is 43.3 Å². The molecule has 0 heterocycles. The molecule has 210 valence electrons. The van der Waals surface area contributed by atoms with Crippen molar-refractivity contribution >= 4 is 34.7 Å². The zero-order chi connectivity index (χ0) is 29.4. The fraction of sp³-hybridized carbons (Fsp3) is 0.433. The zero-order valence-electron chi connectivity index (χ0n) is 23.1. The first-order chi connectivity index (χ1) is 18.7. The van der Waals surface area contributed by atoms with E-state index in [-0.39, 0.29) is 24.2 Å². The van der Waals surface area contributed by atoms with Crippen LogP contribution in [0, 0.1) is 30.6 Å². The number of nitrogens with zero attached hydrogens (tertiary/aromatic N) is 2. The van der Waals surface area contributed by atoms with Crippen molar-refractivity contribution in [2.75, 3.05) is 33.1 Å². The molecule has 2 saturated carbocycles. The normalized spacial score (nSPS) is 29.6. The first-order valence-electron chi connectivity index (χ1n) is 13.2. The van der Waals surface area contributed by atoms with Gasteiger partial charge in [0, 0.05) is 25.7 Å². The lowest BCUT2D eigenvalue weighted by Crippen LogP contribution is -2.74. The summed E-state index contributed by atoms with van der Waals surface area (Å²) < 4.78 is 0. The number of amides is 1. The molecule has 2 fully saturated rings. The van der Waals surface area contributed by atoms with Crippen molar-refractivity contribution in [2.45, 2.75) is 31.4 Å². The smallest absolute Gasteiger partial charge is 0.235 e. The molecule has 10 heteroatoms. The molecule has 0 spiro atoms. The lowest BCUT2D eigenvalue weighted by molar-refractivity contribution is -0.181. The number of carbonyl (C=O) groups excluding carboxylic acids is 5. The van der Waals surface area contributed by atoms with Gasteiger partial charge in [0.25, 0.3) is 0 Å².